The van der Waals surface area contributed by atoms with Crippen molar-refractivity contribution >= 4 is 34.5 Å². The van der Waals surface area contributed by atoms with Gasteiger partial charge < -0.3 is 15.4 Å². The van der Waals surface area contributed by atoms with Crippen LogP contribution in [0.25, 0.3) is 11.0 Å². The molecule has 8 nitrogen and oxygen atoms in total. The Balaban J connectivity index is 1.62. The summed E-state index contributed by atoms with van der Waals surface area (Å²) in [6, 6.07) is 7.64. The summed E-state index contributed by atoms with van der Waals surface area (Å²) < 4.78 is 7.37. The number of rotatable bonds is 12. The van der Waals surface area contributed by atoms with Crippen LogP contribution >= 0.6 is 11.8 Å². The minimum absolute atomic E-state index is 0.0213. The fourth-order valence-corrected chi connectivity index (χ4v) is 3.69. The molecule has 0 radical (unpaired) electrons. The van der Waals surface area contributed by atoms with Gasteiger partial charge in [0.25, 0.3) is 5.91 Å². The summed E-state index contributed by atoms with van der Waals surface area (Å²) in [4.78, 5) is 21.6. The molecule has 0 saturated heterocycles. The number of nitrogens with one attached hydrogen (secondary N) is 2. The summed E-state index contributed by atoms with van der Waals surface area (Å²) in [6.45, 7) is 10.2. The zero-order chi connectivity index (χ0) is 22.9. The minimum Gasteiger partial charge on any atom is -0.484 e. The first-order valence-electron chi connectivity index (χ1n) is 11.0. The molecule has 1 amide bonds. The summed E-state index contributed by atoms with van der Waals surface area (Å²) in [7, 11) is 0. The van der Waals surface area contributed by atoms with Gasteiger partial charge in [0.05, 0.1) is 18.1 Å². The molecule has 2 heterocycles. The Hall–Kier alpha value is -2.81. The highest BCUT2D eigenvalue weighted by molar-refractivity contribution is 7.99. The summed E-state index contributed by atoms with van der Waals surface area (Å²) in [5.41, 5.74) is 1.87. The Morgan fingerprint density at radius 3 is 2.88 bits per heavy atom. The standard InChI is InChI=1S/C23H32N6O2S/c1-5-11-32-23-27-21(25-13-16(2)3)19-14-26-29(22(19)28-23)10-9-24-20(30)15-31-18-8-6-7-17(4)12-18/h6-8,12,14,16H,5,9-11,13,15H2,1-4H3,(H,24,30)(H,25,27,28). The maximum absolute atomic E-state index is 12.2. The highest BCUT2D eigenvalue weighted by Crippen LogP contribution is 2.25. The van der Waals surface area contributed by atoms with E-state index < -0.39 is 0 Å². The zero-order valence-electron chi connectivity index (χ0n) is 19.2. The number of anilines is 1. The van der Waals surface area contributed by atoms with E-state index in [9.17, 15) is 4.79 Å². The van der Waals surface area contributed by atoms with Crippen molar-refractivity contribution in [1.29, 1.82) is 0 Å². The molecule has 0 unspecified atom stereocenters. The molecule has 0 bridgehead atoms. The van der Waals surface area contributed by atoms with Crippen molar-refractivity contribution in [3.8, 4) is 5.75 Å². The van der Waals surface area contributed by atoms with Crippen LogP contribution < -0.4 is 15.4 Å². The van der Waals surface area contributed by atoms with Crippen LogP contribution in [0.1, 0.15) is 32.8 Å². The summed E-state index contributed by atoms with van der Waals surface area (Å²) >= 11 is 1.64. The van der Waals surface area contributed by atoms with Crippen molar-refractivity contribution in [3.05, 3.63) is 36.0 Å². The van der Waals surface area contributed by atoms with Gasteiger partial charge in [0.1, 0.15) is 11.6 Å². The molecule has 0 aliphatic carbocycles. The fourth-order valence-electron chi connectivity index (χ4n) is 3.00. The third-order valence-electron chi connectivity index (χ3n) is 4.59. The molecule has 3 aromatic rings. The van der Waals surface area contributed by atoms with Crippen LogP contribution in [0.2, 0.25) is 0 Å². The third kappa shape index (κ3) is 6.85. The number of aromatic nitrogens is 4. The van der Waals surface area contributed by atoms with Gasteiger partial charge in [-0.15, -0.1) is 0 Å². The van der Waals surface area contributed by atoms with E-state index in [-0.39, 0.29) is 12.5 Å². The molecule has 0 aliphatic rings. The van der Waals surface area contributed by atoms with Gasteiger partial charge in [-0.3, -0.25) is 4.79 Å². The molecular formula is C23H32N6O2S. The fraction of sp³-hybridized carbons (Fsp3) is 0.478. The number of fused-ring (bicyclic) bond motifs is 1. The number of carbonyl (C=O) groups is 1. The molecule has 0 fully saturated rings. The molecule has 1 aromatic carbocycles. The number of carbonyl (C=O) groups excluding carboxylic acids is 1. The molecule has 3 rings (SSSR count). The van der Waals surface area contributed by atoms with Gasteiger partial charge in [-0.25, -0.2) is 14.6 Å². The van der Waals surface area contributed by atoms with Crippen LogP contribution in [-0.2, 0) is 11.3 Å². The van der Waals surface area contributed by atoms with Crippen LogP contribution in [0.3, 0.4) is 0 Å². The minimum atomic E-state index is -0.170. The lowest BCUT2D eigenvalue weighted by Crippen LogP contribution is -2.31. The van der Waals surface area contributed by atoms with Crippen LogP contribution in [0.5, 0.6) is 5.75 Å². The van der Waals surface area contributed by atoms with Crippen LogP contribution in [0.15, 0.2) is 35.6 Å². The molecule has 0 aliphatic heterocycles. The summed E-state index contributed by atoms with van der Waals surface area (Å²) in [6.07, 6.45) is 2.84. The number of aryl methyl sites for hydroxylation is 1. The van der Waals surface area contributed by atoms with Crippen LogP contribution in [0.4, 0.5) is 5.82 Å². The summed E-state index contributed by atoms with van der Waals surface area (Å²) in [5, 5.41) is 12.4. The molecule has 2 aromatic heterocycles. The predicted molar refractivity (Wildman–Crippen MR) is 129 cm³/mol. The van der Waals surface area contributed by atoms with Crippen molar-refractivity contribution in [2.45, 2.75) is 45.8 Å². The quantitative estimate of drug-likeness (QED) is 0.315. The second-order valence-electron chi connectivity index (χ2n) is 8.04. The first-order valence-corrected chi connectivity index (χ1v) is 12.0. The Kier molecular flexibility index (Phi) is 8.72. The van der Waals surface area contributed by atoms with Gasteiger partial charge in [-0.1, -0.05) is 44.7 Å². The molecule has 172 valence electrons. The number of nitrogens with zero attached hydrogens (tertiary/aromatic N) is 4. The average molecular weight is 457 g/mol. The Labute approximate surface area is 193 Å². The normalized spacial score (nSPS) is 11.2. The van der Waals surface area contributed by atoms with E-state index >= 15 is 0 Å². The van der Waals surface area contributed by atoms with Crippen molar-refractivity contribution in [2.24, 2.45) is 5.92 Å². The van der Waals surface area contributed by atoms with Crippen molar-refractivity contribution in [3.63, 3.8) is 0 Å². The van der Waals surface area contributed by atoms with Crippen molar-refractivity contribution in [2.75, 3.05) is 30.8 Å². The van der Waals surface area contributed by atoms with E-state index in [1.54, 1.807) is 18.0 Å². The number of ether oxygens (including phenoxy) is 1. The molecule has 0 atom stereocenters. The Bertz CT molecular complexity index is 1040. The van der Waals surface area contributed by atoms with Gasteiger partial charge >= 0.3 is 0 Å². The smallest absolute Gasteiger partial charge is 0.258 e. The highest BCUT2D eigenvalue weighted by atomic mass is 32.2. The first kappa shape index (κ1) is 23.8. The van der Waals surface area contributed by atoms with E-state index in [0.29, 0.717) is 24.8 Å². The molecule has 0 spiro atoms. The number of hydrogen-bond donors (Lipinski definition) is 2. The average Bonchev–Trinajstić information content (AvgIpc) is 3.17. The lowest BCUT2D eigenvalue weighted by molar-refractivity contribution is -0.123. The molecule has 2 N–H and O–H groups in total. The van der Waals surface area contributed by atoms with E-state index in [1.807, 2.05) is 35.9 Å². The van der Waals surface area contributed by atoms with Crippen LogP contribution in [0, 0.1) is 12.8 Å². The van der Waals surface area contributed by atoms with E-state index in [4.69, 9.17) is 14.7 Å². The maximum Gasteiger partial charge on any atom is 0.258 e. The van der Waals surface area contributed by atoms with Crippen molar-refractivity contribution < 1.29 is 9.53 Å². The lowest BCUT2D eigenvalue weighted by atomic mass is 10.2. The van der Waals surface area contributed by atoms with Gasteiger partial charge in [0.15, 0.2) is 17.4 Å². The second-order valence-corrected chi connectivity index (χ2v) is 9.10. The largest absolute Gasteiger partial charge is 0.484 e. The SMILES string of the molecule is CCCSc1nc(NCC(C)C)c2cnn(CCNC(=O)COc3cccc(C)c3)c2n1. The highest BCUT2D eigenvalue weighted by Gasteiger charge is 2.14. The molecule has 32 heavy (non-hydrogen) atoms. The summed E-state index contributed by atoms with van der Waals surface area (Å²) in [5.74, 6) is 2.79. The number of hydrogen-bond acceptors (Lipinski definition) is 7. The van der Waals surface area contributed by atoms with E-state index in [1.165, 1.54) is 0 Å². The molecule has 9 heteroatoms. The number of benzene rings is 1. The zero-order valence-corrected chi connectivity index (χ0v) is 20.0. The Morgan fingerprint density at radius 1 is 1.28 bits per heavy atom. The van der Waals surface area contributed by atoms with Crippen LogP contribution in [-0.4, -0.2) is 51.1 Å². The number of amides is 1. The number of thioether (sulfide) groups is 1. The van der Waals surface area contributed by atoms with Gasteiger partial charge in [-0.05, 0) is 37.0 Å². The molecular weight excluding hydrogens is 424 g/mol. The Morgan fingerprint density at radius 2 is 2.12 bits per heavy atom. The molecule has 0 saturated carbocycles. The van der Waals surface area contributed by atoms with Gasteiger partial charge in [0, 0.05) is 18.8 Å². The maximum atomic E-state index is 12.2. The predicted octanol–water partition coefficient (Wildman–Crippen LogP) is 3.90. The first-order chi connectivity index (χ1) is 15.5. The second kappa shape index (κ2) is 11.7. The van der Waals surface area contributed by atoms with E-state index in [0.717, 1.165) is 46.3 Å². The van der Waals surface area contributed by atoms with Crippen molar-refractivity contribution in [1.82, 2.24) is 25.1 Å². The van der Waals surface area contributed by atoms with E-state index in [2.05, 4.69) is 36.5 Å². The topological polar surface area (TPSA) is 94.0 Å². The van der Waals surface area contributed by atoms with Gasteiger partial charge in [0.2, 0.25) is 0 Å². The lowest BCUT2D eigenvalue weighted by Gasteiger charge is -2.11. The monoisotopic (exact) mass is 456 g/mol. The third-order valence-corrected chi connectivity index (χ3v) is 5.65. The van der Waals surface area contributed by atoms with Gasteiger partial charge in [-0.2, -0.15) is 5.10 Å².